The van der Waals surface area contributed by atoms with Gasteiger partial charge in [0.05, 0.1) is 18.3 Å². The molecule has 6 nitrogen and oxygen atoms in total. The molecule has 1 aliphatic carbocycles. The minimum absolute atomic E-state index is 0.00923. The fraction of sp³-hybridized carbons (Fsp3) is 0.318. The summed E-state index contributed by atoms with van der Waals surface area (Å²) in [6, 6.07) is 12.3. The summed E-state index contributed by atoms with van der Waals surface area (Å²) in [6.07, 6.45) is 4.60. The summed E-state index contributed by atoms with van der Waals surface area (Å²) >= 11 is 0. The van der Waals surface area contributed by atoms with Gasteiger partial charge in [-0.15, -0.1) is 0 Å². The van der Waals surface area contributed by atoms with E-state index in [1.165, 1.54) is 18.5 Å². The summed E-state index contributed by atoms with van der Waals surface area (Å²) in [6.45, 7) is 2.52. The van der Waals surface area contributed by atoms with Gasteiger partial charge in [-0.1, -0.05) is 12.1 Å². The predicted molar refractivity (Wildman–Crippen MR) is 104 cm³/mol. The Hall–Kier alpha value is -3.22. The van der Waals surface area contributed by atoms with Gasteiger partial charge in [0.15, 0.2) is 0 Å². The Morgan fingerprint density at radius 1 is 1.31 bits per heavy atom. The van der Waals surface area contributed by atoms with Crippen LogP contribution in [0.5, 0.6) is 5.75 Å². The van der Waals surface area contributed by atoms with E-state index in [-0.39, 0.29) is 29.1 Å². The van der Waals surface area contributed by atoms with Gasteiger partial charge in [0, 0.05) is 16.9 Å². The number of nitrogens with one attached hydrogen (secondary N) is 1. The molecular weight excluding hydrogens is 371 g/mol. The average Bonchev–Trinajstić information content (AvgIpc) is 3.18. The molecule has 5 rings (SSSR count). The van der Waals surface area contributed by atoms with Crippen LogP contribution in [-0.2, 0) is 10.2 Å². The highest BCUT2D eigenvalue weighted by Crippen LogP contribution is 2.60. The van der Waals surface area contributed by atoms with Crippen molar-refractivity contribution in [2.45, 2.75) is 31.2 Å². The number of rotatable bonds is 4. The van der Waals surface area contributed by atoms with Crippen LogP contribution < -0.4 is 10.1 Å². The minimum atomic E-state index is -0.295. The lowest BCUT2D eigenvalue weighted by molar-refractivity contribution is -0.123. The van der Waals surface area contributed by atoms with Gasteiger partial charge in [-0.05, 0) is 55.7 Å². The first-order chi connectivity index (χ1) is 14.1. The number of carbonyl (C=O) groups excluding carboxylic acids is 1. The maximum absolute atomic E-state index is 13.8. The van der Waals surface area contributed by atoms with E-state index in [0.717, 1.165) is 29.7 Å². The van der Waals surface area contributed by atoms with Crippen molar-refractivity contribution in [1.29, 1.82) is 0 Å². The molecule has 148 valence electrons. The number of carbonyl (C=O) groups is 1. The summed E-state index contributed by atoms with van der Waals surface area (Å²) in [5.74, 6) is 0.268. The number of hydrogen-bond donors (Lipinski definition) is 1. The summed E-state index contributed by atoms with van der Waals surface area (Å²) in [5.41, 5.74) is 2.45. The zero-order valence-electron chi connectivity index (χ0n) is 16.0. The van der Waals surface area contributed by atoms with Gasteiger partial charge in [-0.25, -0.2) is 14.1 Å². The molecule has 1 aromatic heterocycles. The van der Waals surface area contributed by atoms with E-state index in [0.29, 0.717) is 12.4 Å². The summed E-state index contributed by atoms with van der Waals surface area (Å²) in [7, 11) is 0. The van der Waals surface area contributed by atoms with Crippen molar-refractivity contribution in [2.24, 2.45) is 5.92 Å². The van der Waals surface area contributed by atoms with Crippen LogP contribution in [0.25, 0.3) is 5.69 Å². The molecule has 3 atom stereocenters. The number of hydrogen-bond acceptors (Lipinski definition) is 4. The number of benzene rings is 2. The predicted octanol–water partition coefficient (Wildman–Crippen LogP) is 3.32. The molecule has 0 saturated heterocycles. The number of nitrogens with zero attached hydrogens (tertiary/aromatic N) is 3. The zero-order valence-corrected chi connectivity index (χ0v) is 16.0. The van der Waals surface area contributed by atoms with E-state index in [1.807, 2.05) is 31.2 Å². The zero-order chi connectivity index (χ0) is 20.0. The monoisotopic (exact) mass is 392 g/mol. The van der Waals surface area contributed by atoms with Gasteiger partial charge in [-0.2, -0.15) is 5.10 Å². The first-order valence-electron chi connectivity index (χ1n) is 9.75. The molecule has 1 N–H and O–H groups in total. The largest absolute Gasteiger partial charge is 0.493 e. The van der Waals surface area contributed by atoms with Crippen LogP contribution in [0, 0.1) is 11.7 Å². The molecule has 0 radical (unpaired) electrons. The van der Waals surface area contributed by atoms with Crippen molar-refractivity contribution < 1.29 is 13.9 Å². The van der Waals surface area contributed by atoms with Crippen molar-refractivity contribution in [3.63, 3.8) is 0 Å². The van der Waals surface area contributed by atoms with Gasteiger partial charge >= 0.3 is 0 Å². The first-order valence-corrected chi connectivity index (χ1v) is 9.75. The molecule has 7 heteroatoms. The highest BCUT2D eigenvalue weighted by atomic mass is 19.1. The Bertz CT molecular complexity index is 1050. The van der Waals surface area contributed by atoms with Crippen molar-refractivity contribution in [1.82, 2.24) is 20.1 Å². The Kier molecular flexibility index (Phi) is 4.12. The van der Waals surface area contributed by atoms with Gasteiger partial charge < -0.3 is 10.1 Å². The summed E-state index contributed by atoms with van der Waals surface area (Å²) < 4.78 is 21.1. The molecule has 1 unspecified atom stereocenters. The van der Waals surface area contributed by atoms with Crippen molar-refractivity contribution in [3.8, 4) is 11.4 Å². The molecule has 1 amide bonds. The van der Waals surface area contributed by atoms with Crippen LogP contribution in [0.4, 0.5) is 4.39 Å². The van der Waals surface area contributed by atoms with Gasteiger partial charge in [0.25, 0.3) is 0 Å². The average molecular weight is 392 g/mol. The van der Waals surface area contributed by atoms with Crippen molar-refractivity contribution >= 4 is 5.91 Å². The van der Waals surface area contributed by atoms with Gasteiger partial charge in [0.2, 0.25) is 5.91 Å². The van der Waals surface area contributed by atoms with Crippen molar-refractivity contribution in [2.75, 3.05) is 6.61 Å². The molecule has 2 heterocycles. The van der Waals surface area contributed by atoms with Crippen LogP contribution >= 0.6 is 0 Å². The van der Waals surface area contributed by atoms with Crippen LogP contribution in [0.2, 0.25) is 0 Å². The minimum Gasteiger partial charge on any atom is -0.493 e. The van der Waals surface area contributed by atoms with E-state index in [4.69, 9.17) is 4.74 Å². The fourth-order valence-electron chi connectivity index (χ4n) is 4.37. The molecular formula is C22H21FN4O2. The molecule has 0 bridgehead atoms. The standard InChI is InChI=1S/C22H21FN4O2/c1-14(15-2-5-17(6-3-15)27-13-24-12-25-27)26-21(28)19-11-22(19)8-9-29-20-7-4-16(23)10-18(20)22/h2-7,10,12-14,19H,8-9,11H2,1H3,(H,26,28)/t14?,19-,22-/m1/s1. The maximum Gasteiger partial charge on any atom is 0.224 e. The molecule has 1 aliphatic heterocycles. The van der Waals surface area contributed by atoms with Gasteiger partial charge in [-0.3, -0.25) is 4.79 Å². The lowest BCUT2D eigenvalue weighted by Crippen LogP contribution is -2.32. The third kappa shape index (κ3) is 3.06. The van der Waals surface area contributed by atoms with Crippen LogP contribution in [0.15, 0.2) is 55.1 Å². The summed E-state index contributed by atoms with van der Waals surface area (Å²) in [4.78, 5) is 16.9. The number of amides is 1. The van der Waals surface area contributed by atoms with E-state index in [9.17, 15) is 9.18 Å². The Morgan fingerprint density at radius 2 is 2.14 bits per heavy atom. The van der Waals surface area contributed by atoms with Gasteiger partial charge in [0.1, 0.15) is 24.2 Å². The highest BCUT2D eigenvalue weighted by molar-refractivity contribution is 5.85. The third-order valence-electron chi connectivity index (χ3n) is 6.11. The smallest absolute Gasteiger partial charge is 0.224 e. The van der Waals surface area contributed by atoms with E-state index in [1.54, 1.807) is 17.1 Å². The van der Waals surface area contributed by atoms with Crippen LogP contribution in [0.3, 0.4) is 0 Å². The van der Waals surface area contributed by atoms with Crippen LogP contribution in [-0.4, -0.2) is 27.3 Å². The second-order valence-corrected chi connectivity index (χ2v) is 7.81. The molecule has 29 heavy (non-hydrogen) atoms. The maximum atomic E-state index is 13.8. The molecule has 1 fully saturated rings. The second kappa shape index (κ2) is 6.69. The third-order valence-corrected chi connectivity index (χ3v) is 6.11. The Morgan fingerprint density at radius 3 is 2.90 bits per heavy atom. The first kappa shape index (κ1) is 17.8. The molecule has 3 aromatic rings. The SMILES string of the molecule is CC(NC(=O)[C@H]1C[C@@]12CCOc1ccc(F)cc12)c1ccc(-n2cncn2)cc1. The van der Waals surface area contributed by atoms with E-state index >= 15 is 0 Å². The van der Waals surface area contributed by atoms with E-state index in [2.05, 4.69) is 15.4 Å². The molecule has 1 saturated carbocycles. The normalized spacial score (nSPS) is 23.2. The lowest BCUT2D eigenvalue weighted by Gasteiger charge is -2.27. The number of ether oxygens (including phenoxy) is 1. The number of aromatic nitrogens is 3. The van der Waals surface area contributed by atoms with Crippen LogP contribution in [0.1, 0.15) is 36.9 Å². The highest BCUT2D eigenvalue weighted by Gasteiger charge is 2.61. The fourth-order valence-corrected chi connectivity index (χ4v) is 4.37. The molecule has 1 spiro atoms. The molecule has 2 aromatic carbocycles. The summed E-state index contributed by atoms with van der Waals surface area (Å²) in [5, 5.41) is 7.23. The topological polar surface area (TPSA) is 69.0 Å². The molecule has 2 aliphatic rings. The second-order valence-electron chi connectivity index (χ2n) is 7.81. The number of halogens is 1. The number of fused-ring (bicyclic) bond motifs is 2. The van der Waals surface area contributed by atoms with E-state index < -0.39 is 0 Å². The van der Waals surface area contributed by atoms with Crippen molar-refractivity contribution in [3.05, 3.63) is 72.1 Å². The quantitative estimate of drug-likeness (QED) is 0.740. The lowest BCUT2D eigenvalue weighted by atomic mass is 9.87. The Balaban J connectivity index is 1.29. The Labute approximate surface area is 167 Å².